The molecule has 0 fully saturated rings. The van der Waals surface area contributed by atoms with Crippen molar-refractivity contribution in [3.8, 4) is 5.69 Å². The van der Waals surface area contributed by atoms with E-state index in [1.807, 2.05) is 20.8 Å². The molecule has 2 N–H and O–H groups in total. The van der Waals surface area contributed by atoms with Crippen molar-refractivity contribution in [2.45, 2.75) is 39.7 Å². The minimum Gasteiger partial charge on any atom is -0.480 e. The van der Waals surface area contributed by atoms with Crippen LogP contribution in [0.3, 0.4) is 0 Å². The molecule has 1 unspecified atom stereocenters. The molecular formula is C19H23N3O4. The number of carboxylic acids is 1. The molecule has 7 heteroatoms. The fourth-order valence-corrected chi connectivity index (χ4v) is 2.35. The number of hydrogen-bond donors (Lipinski definition) is 2. The number of carbonyl (C=O) groups excluding carboxylic acids is 1. The van der Waals surface area contributed by atoms with Gasteiger partial charge < -0.3 is 10.4 Å². The molecule has 0 saturated carbocycles. The maximum Gasteiger partial charge on any atom is 0.326 e. The molecule has 0 saturated heterocycles. The number of rotatable bonds is 6. The normalized spacial score (nSPS) is 12.4. The second-order valence-corrected chi connectivity index (χ2v) is 7.27. The zero-order valence-corrected chi connectivity index (χ0v) is 15.1. The molecule has 1 aromatic carbocycles. The van der Waals surface area contributed by atoms with Gasteiger partial charge in [-0.05, 0) is 36.5 Å². The maximum atomic E-state index is 12.4. The molecule has 0 radical (unpaired) electrons. The molecule has 1 aromatic heterocycles. The lowest BCUT2D eigenvalue weighted by molar-refractivity contribution is -0.139. The van der Waals surface area contributed by atoms with Crippen LogP contribution in [0.2, 0.25) is 0 Å². The number of carbonyl (C=O) groups is 2. The van der Waals surface area contributed by atoms with E-state index in [4.69, 9.17) is 0 Å². The van der Waals surface area contributed by atoms with Gasteiger partial charge in [-0.1, -0.05) is 39.0 Å². The molecule has 2 aromatic rings. The molecule has 26 heavy (non-hydrogen) atoms. The molecule has 1 heterocycles. The second-order valence-electron chi connectivity index (χ2n) is 7.27. The van der Waals surface area contributed by atoms with E-state index in [9.17, 15) is 19.5 Å². The summed E-state index contributed by atoms with van der Waals surface area (Å²) in [6.45, 7) is 6.01. The topological polar surface area (TPSA) is 101 Å². The third-order valence-electron chi connectivity index (χ3n) is 3.82. The number of benzene rings is 1. The maximum absolute atomic E-state index is 12.4. The highest BCUT2D eigenvalue weighted by Gasteiger charge is 2.24. The Bertz CT molecular complexity index is 838. The third kappa shape index (κ3) is 5.27. The first-order valence-corrected chi connectivity index (χ1v) is 8.37. The van der Waals surface area contributed by atoms with E-state index in [2.05, 4.69) is 10.4 Å². The van der Waals surface area contributed by atoms with Crippen molar-refractivity contribution in [1.82, 2.24) is 15.1 Å². The Hall–Kier alpha value is -2.96. The molecule has 0 aliphatic carbocycles. The van der Waals surface area contributed by atoms with E-state index >= 15 is 0 Å². The van der Waals surface area contributed by atoms with Crippen LogP contribution in [0.5, 0.6) is 0 Å². The van der Waals surface area contributed by atoms with Crippen LogP contribution in [-0.4, -0.2) is 32.8 Å². The summed E-state index contributed by atoms with van der Waals surface area (Å²) in [6.07, 6.45) is 0.948. The van der Waals surface area contributed by atoms with Gasteiger partial charge in [-0.15, -0.1) is 0 Å². The highest BCUT2D eigenvalue weighted by molar-refractivity contribution is 5.94. The Kier molecular flexibility index (Phi) is 5.92. The highest BCUT2D eigenvalue weighted by atomic mass is 16.4. The molecule has 1 amide bonds. The molecule has 1 atom stereocenters. The van der Waals surface area contributed by atoms with E-state index in [1.165, 1.54) is 12.1 Å². The Morgan fingerprint density at radius 1 is 1.15 bits per heavy atom. The van der Waals surface area contributed by atoms with Crippen LogP contribution < -0.4 is 10.9 Å². The van der Waals surface area contributed by atoms with Gasteiger partial charge in [-0.2, -0.15) is 9.78 Å². The summed E-state index contributed by atoms with van der Waals surface area (Å²) in [4.78, 5) is 35.9. The number of carboxylic acid groups (broad SMARTS) is 1. The van der Waals surface area contributed by atoms with Crippen LogP contribution in [0.25, 0.3) is 5.69 Å². The van der Waals surface area contributed by atoms with Crippen molar-refractivity contribution in [1.29, 1.82) is 0 Å². The van der Waals surface area contributed by atoms with Gasteiger partial charge in [-0.25, -0.2) is 4.79 Å². The van der Waals surface area contributed by atoms with Crippen molar-refractivity contribution < 1.29 is 14.7 Å². The van der Waals surface area contributed by atoms with E-state index in [0.717, 1.165) is 4.68 Å². The molecule has 0 bridgehead atoms. The van der Waals surface area contributed by atoms with Crippen molar-refractivity contribution in [2.24, 2.45) is 5.41 Å². The predicted octanol–water partition coefficient (Wildman–Crippen LogP) is 2.24. The molecule has 0 spiro atoms. The minimum atomic E-state index is -1.10. The molecule has 7 nitrogen and oxygen atoms in total. The van der Waals surface area contributed by atoms with Crippen molar-refractivity contribution in [2.75, 3.05) is 0 Å². The Morgan fingerprint density at radius 3 is 2.38 bits per heavy atom. The van der Waals surface area contributed by atoms with E-state index < -0.39 is 17.9 Å². The zero-order chi connectivity index (χ0) is 19.3. The zero-order valence-electron chi connectivity index (χ0n) is 15.1. The van der Waals surface area contributed by atoms with Crippen LogP contribution in [0.15, 0.2) is 47.3 Å². The fraction of sp³-hybridized carbons (Fsp3) is 0.368. The smallest absolute Gasteiger partial charge is 0.326 e. The lowest BCUT2D eigenvalue weighted by atomic mass is 9.88. The van der Waals surface area contributed by atoms with Gasteiger partial charge in [0.2, 0.25) is 0 Å². The summed E-state index contributed by atoms with van der Waals surface area (Å²) in [5, 5.41) is 15.9. The van der Waals surface area contributed by atoms with Gasteiger partial charge in [0.1, 0.15) is 11.7 Å². The van der Waals surface area contributed by atoms with Crippen LogP contribution in [-0.2, 0) is 4.79 Å². The first-order valence-electron chi connectivity index (χ1n) is 8.37. The third-order valence-corrected chi connectivity index (χ3v) is 3.82. The molecular weight excluding hydrogens is 334 g/mol. The molecule has 0 aliphatic rings. The van der Waals surface area contributed by atoms with Crippen LogP contribution in [0.4, 0.5) is 0 Å². The summed E-state index contributed by atoms with van der Waals surface area (Å²) < 4.78 is 1.11. The molecule has 138 valence electrons. The monoisotopic (exact) mass is 357 g/mol. The quantitative estimate of drug-likeness (QED) is 0.826. The van der Waals surface area contributed by atoms with Crippen LogP contribution in [0.1, 0.15) is 44.1 Å². The van der Waals surface area contributed by atoms with E-state index in [0.29, 0.717) is 18.5 Å². The summed E-state index contributed by atoms with van der Waals surface area (Å²) >= 11 is 0. The standard InChI is InChI=1S/C19H23N3O4/c1-19(2,3)12-11-15(18(25)26)20-17(24)14-9-10-16(23)22(21-14)13-7-5-4-6-8-13/h4-10,15H,11-12H2,1-3H3,(H,20,24)(H,25,26). The Balaban J connectivity index is 2.21. The van der Waals surface area contributed by atoms with Crippen molar-refractivity contribution >= 4 is 11.9 Å². The van der Waals surface area contributed by atoms with Crippen LogP contribution in [0, 0.1) is 5.41 Å². The number of amides is 1. The summed E-state index contributed by atoms with van der Waals surface area (Å²) in [7, 11) is 0. The van der Waals surface area contributed by atoms with E-state index in [1.54, 1.807) is 30.3 Å². The van der Waals surface area contributed by atoms with Crippen LogP contribution >= 0.6 is 0 Å². The fourth-order valence-electron chi connectivity index (χ4n) is 2.35. The highest BCUT2D eigenvalue weighted by Crippen LogP contribution is 2.21. The number of para-hydroxylation sites is 1. The van der Waals surface area contributed by atoms with Gasteiger partial charge in [0.25, 0.3) is 11.5 Å². The number of aliphatic carboxylic acids is 1. The number of hydrogen-bond acceptors (Lipinski definition) is 4. The minimum absolute atomic E-state index is 0.0181. The summed E-state index contributed by atoms with van der Waals surface area (Å²) in [6, 6.07) is 10.2. The Labute approximate surface area is 151 Å². The van der Waals surface area contributed by atoms with Crippen molar-refractivity contribution in [3.63, 3.8) is 0 Å². The first kappa shape index (κ1) is 19.4. The average Bonchev–Trinajstić information content (AvgIpc) is 2.58. The second kappa shape index (κ2) is 7.95. The number of nitrogens with zero attached hydrogens (tertiary/aromatic N) is 2. The first-order chi connectivity index (χ1) is 12.2. The summed E-state index contributed by atoms with van der Waals surface area (Å²) in [5.41, 5.74) is 0.0809. The van der Waals surface area contributed by atoms with Gasteiger partial charge in [0.15, 0.2) is 0 Å². The lowest BCUT2D eigenvalue weighted by Gasteiger charge is -2.21. The van der Waals surface area contributed by atoms with Gasteiger partial charge in [-0.3, -0.25) is 9.59 Å². The SMILES string of the molecule is CC(C)(C)CCC(NC(=O)c1ccc(=O)n(-c2ccccc2)n1)C(=O)O. The molecule has 0 aliphatic heterocycles. The largest absolute Gasteiger partial charge is 0.480 e. The van der Waals surface area contributed by atoms with E-state index in [-0.39, 0.29) is 16.7 Å². The van der Waals surface area contributed by atoms with Gasteiger partial charge in [0, 0.05) is 6.07 Å². The summed E-state index contributed by atoms with van der Waals surface area (Å²) in [5.74, 6) is -1.73. The van der Waals surface area contributed by atoms with Gasteiger partial charge >= 0.3 is 5.97 Å². The average molecular weight is 357 g/mol. The molecule has 2 rings (SSSR count). The predicted molar refractivity (Wildman–Crippen MR) is 97.4 cm³/mol. The Morgan fingerprint density at radius 2 is 1.81 bits per heavy atom. The number of nitrogens with one attached hydrogen (secondary N) is 1. The lowest BCUT2D eigenvalue weighted by Crippen LogP contribution is -2.42. The van der Waals surface area contributed by atoms with Gasteiger partial charge in [0.05, 0.1) is 5.69 Å². The van der Waals surface area contributed by atoms with Crippen molar-refractivity contribution in [3.05, 3.63) is 58.5 Å². The number of aromatic nitrogens is 2.